The predicted octanol–water partition coefficient (Wildman–Crippen LogP) is -0.194. The van der Waals surface area contributed by atoms with Crippen molar-refractivity contribution in [2.75, 3.05) is 6.61 Å². The van der Waals surface area contributed by atoms with Crippen LogP contribution in [0.3, 0.4) is 0 Å². The Balaban J connectivity index is 3.77. The summed E-state index contributed by atoms with van der Waals surface area (Å²) in [4.78, 5) is 10.7. The summed E-state index contributed by atoms with van der Waals surface area (Å²) in [5, 5.41) is 17.2. The highest BCUT2D eigenvalue weighted by Crippen LogP contribution is 1.98. The maximum atomic E-state index is 10.7. The van der Waals surface area contributed by atoms with Gasteiger partial charge in [0.15, 0.2) is 0 Å². The molecule has 0 aromatic heterocycles. The molecular weight excluding hydrogens is 148 g/mol. The first kappa shape index (κ1) is 10.1. The van der Waals surface area contributed by atoms with E-state index >= 15 is 0 Å². The van der Waals surface area contributed by atoms with E-state index in [9.17, 15) is 4.79 Å². The second kappa shape index (κ2) is 4.87. The minimum atomic E-state index is -1.11. The molecule has 0 aromatic carbocycles. The summed E-state index contributed by atoms with van der Waals surface area (Å²) in [7, 11) is 0. The fourth-order valence-corrected chi connectivity index (χ4v) is 0.355. The van der Waals surface area contributed by atoms with Crippen LogP contribution < -0.4 is 0 Å². The van der Waals surface area contributed by atoms with Crippen molar-refractivity contribution >= 4 is 5.97 Å². The van der Waals surface area contributed by atoms with Gasteiger partial charge in [-0.25, -0.2) is 4.79 Å². The number of hydrogen-bond acceptors (Lipinski definition) is 4. The Kier molecular flexibility index (Phi) is 4.49. The number of ether oxygens (including phenoxy) is 1. The van der Waals surface area contributed by atoms with E-state index in [0.717, 1.165) is 0 Å². The predicted molar refractivity (Wildman–Crippen MR) is 38.6 cm³/mol. The van der Waals surface area contributed by atoms with E-state index in [4.69, 9.17) is 10.2 Å². The van der Waals surface area contributed by atoms with Gasteiger partial charge in [0.2, 0.25) is 6.29 Å². The number of rotatable bonds is 4. The van der Waals surface area contributed by atoms with Crippen LogP contribution in [0, 0.1) is 0 Å². The quantitative estimate of drug-likeness (QED) is 0.340. The molecule has 0 spiro atoms. The Morgan fingerprint density at radius 1 is 1.73 bits per heavy atom. The monoisotopic (exact) mass is 160 g/mol. The lowest BCUT2D eigenvalue weighted by Gasteiger charge is -2.09. The van der Waals surface area contributed by atoms with Crippen LogP contribution in [0.2, 0.25) is 0 Å². The second-order valence-corrected chi connectivity index (χ2v) is 2.03. The van der Waals surface area contributed by atoms with Gasteiger partial charge in [-0.15, -0.1) is 0 Å². The lowest BCUT2D eigenvalue weighted by molar-refractivity contribution is -0.163. The summed E-state index contributed by atoms with van der Waals surface area (Å²) in [5.74, 6) is -0.762. The third-order valence-electron chi connectivity index (χ3n) is 1.07. The molecule has 0 heterocycles. The van der Waals surface area contributed by atoms with E-state index in [1.165, 1.54) is 0 Å². The SMILES string of the molecule is C=C(CO)C(=O)OC(O)CC. The molecule has 0 aliphatic carbocycles. The molecular formula is C7H12O4. The number of aliphatic hydroxyl groups is 2. The molecule has 0 saturated carbocycles. The molecule has 1 unspecified atom stereocenters. The largest absolute Gasteiger partial charge is 0.433 e. The molecule has 0 aromatic rings. The van der Waals surface area contributed by atoms with Crippen LogP contribution in [0.25, 0.3) is 0 Å². The fourth-order valence-electron chi connectivity index (χ4n) is 0.355. The zero-order valence-electron chi connectivity index (χ0n) is 6.41. The van der Waals surface area contributed by atoms with E-state index in [0.29, 0.717) is 6.42 Å². The van der Waals surface area contributed by atoms with Crippen LogP contribution >= 0.6 is 0 Å². The standard InChI is InChI=1S/C7H12O4/c1-3-6(9)11-7(10)5(2)4-8/h6,8-9H,2-4H2,1H3. The molecule has 0 aliphatic heterocycles. The Morgan fingerprint density at radius 3 is 2.64 bits per heavy atom. The van der Waals surface area contributed by atoms with Crippen LogP contribution in [0.1, 0.15) is 13.3 Å². The van der Waals surface area contributed by atoms with Crippen molar-refractivity contribution in [2.24, 2.45) is 0 Å². The molecule has 64 valence electrons. The van der Waals surface area contributed by atoms with Crippen molar-refractivity contribution in [3.05, 3.63) is 12.2 Å². The van der Waals surface area contributed by atoms with Crippen LogP contribution in [0.4, 0.5) is 0 Å². The Hall–Kier alpha value is -0.870. The number of aliphatic hydroxyl groups excluding tert-OH is 2. The van der Waals surface area contributed by atoms with Gasteiger partial charge in [-0.1, -0.05) is 13.5 Å². The Morgan fingerprint density at radius 2 is 2.27 bits per heavy atom. The number of esters is 1. The molecule has 0 radical (unpaired) electrons. The number of carbonyl (C=O) groups is 1. The first-order valence-electron chi connectivity index (χ1n) is 3.29. The van der Waals surface area contributed by atoms with Gasteiger partial charge in [0.05, 0.1) is 12.2 Å². The van der Waals surface area contributed by atoms with Crippen LogP contribution in [-0.4, -0.2) is 29.1 Å². The first-order chi connectivity index (χ1) is 5.11. The minimum absolute atomic E-state index is 0.0579. The van der Waals surface area contributed by atoms with E-state index in [1.807, 2.05) is 0 Å². The van der Waals surface area contributed by atoms with Gasteiger partial charge in [-0.05, 0) is 0 Å². The summed E-state index contributed by atoms with van der Waals surface area (Å²) >= 11 is 0. The van der Waals surface area contributed by atoms with Crippen molar-refractivity contribution in [3.8, 4) is 0 Å². The highest BCUT2D eigenvalue weighted by atomic mass is 16.6. The molecule has 4 heteroatoms. The van der Waals surface area contributed by atoms with Gasteiger partial charge in [0.25, 0.3) is 0 Å². The highest BCUT2D eigenvalue weighted by molar-refractivity contribution is 5.87. The molecule has 0 amide bonds. The van der Waals surface area contributed by atoms with Crippen molar-refractivity contribution in [2.45, 2.75) is 19.6 Å². The summed E-state index contributed by atoms with van der Waals surface area (Å²) < 4.78 is 4.41. The molecule has 11 heavy (non-hydrogen) atoms. The van der Waals surface area contributed by atoms with Gasteiger partial charge < -0.3 is 14.9 Å². The van der Waals surface area contributed by atoms with Gasteiger partial charge in [0, 0.05) is 6.42 Å². The first-order valence-corrected chi connectivity index (χ1v) is 3.29. The second-order valence-electron chi connectivity index (χ2n) is 2.03. The summed E-state index contributed by atoms with van der Waals surface area (Å²) in [5.41, 5.74) is -0.0579. The molecule has 0 rings (SSSR count). The summed E-state index contributed by atoms with van der Waals surface area (Å²) in [6.45, 7) is 4.44. The summed E-state index contributed by atoms with van der Waals surface area (Å²) in [6.07, 6.45) is -0.782. The molecule has 0 bridgehead atoms. The smallest absolute Gasteiger partial charge is 0.338 e. The zero-order chi connectivity index (χ0) is 8.85. The van der Waals surface area contributed by atoms with Gasteiger partial charge in [-0.2, -0.15) is 0 Å². The molecule has 0 fully saturated rings. The molecule has 2 N–H and O–H groups in total. The third-order valence-corrected chi connectivity index (χ3v) is 1.07. The highest BCUT2D eigenvalue weighted by Gasteiger charge is 2.11. The Bertz CT molecular complexity index is 153. The normalized spacial score (nSPS) is 12.3. The van der Waals surface area contributed by atoms with Crippen LogP contribution in [-0.2, 0) is 9.53 Å². The van der Waals surface area contributed by atoms with E-state index in [2.05, 4.69) is 11.3 Å². The van der Waals surface area contributed by atoms with Gasteiger partial charge in [-0.3, -0.25) is 0 Å². The van der Waals surface area contributed by atoms with Gasteiger partial charge in [0.1, 0.15) is 0 Å². The number of carbonyl (C=O) groups excluding carboxylic acids is 1. The molecule has 0 saturated heterocycles. The van der Waals surface area contributed by atoms with E-state index in [-0.39, 0.29) is 5.57 Å². The van der Waals surface area contributed by atoms with Crippen LogP contribution in [0.15, 0.2) is 12.2 Å². The molecule has 1 atom stereocenters. The molecule has 0 aliphatic rings. The Labute approximate surface area is 65.1 Å². The van der Waals surface area contributed by atoms with Crippen molar-refractivity contribution in [3.63, 3.8) is 0 Å². The van der Waals surface area contributed by atoms with Gasteiger partial charge >= 0.3 is 5.97 Å². The number of hydrogen-bond donors (Lipinski definition) is 2. The van der Waals surface area contributed by atoms with Crippen molar-refractivity contribution in [1.29, 1.82) is 0 Å². The van der Waals surface area contributed by atoms with Crippen LogP contribution in [0.5, 0.6) is 0 Å². The van der Waals surface area contributed by atoms with Crippen molar-refractivity contribution < 1.29 is 19.7 Å². The zero-order valence-corrected chi connectivity index (χ0v) is 6.41. The fraction of sp³-hybridized carbons (Fsp3) is 0.571. The maximum absolute atomic E-state index is 10.7. The summed E-state index contributed by atoms with van der Waals surface area (Å²) in [6, 6.07) is 0. The lowest BCUT2D eigenvalue weighted by atomic mass is 10.3. The average molecular weight is 160 g/mol. The van der Waals surface area contributed by atoms with E-state index < -0.39 is 18.9 Å². The maximum Gasteiger partial charge on any atom is 0.338 e. The third kappa shape index (κ3) is 3.75. The van der Waals surface area contributed by atoms with Crippen molar-refractivity contribution in [1.82, 2.24) is 0 Å². The topological polar surface area (TPSA) is 66.8 Å². The lowest BCUT2D eigenvalue weighted by Crippen LogP contribution is -2.18. The van der Waals surface area contributed by atoms with E-state index in [1.54, 1.807) is 6.92 Å². The molecule has 4 nitrogen and oxygen atoms in total. The average Bonchev–Trinajstić information content (AvgIpc) is 2.02. The minimum Gasteiger partial charge on any atom is -0.433 e.